The number of hydrogen-bond acceptors (Lipinski definition) is 5. The molecule has 0 radical (unpaired) electrons. The van der Waals surface area contributed by atoms with Crippen molar-refractivity contribution in [3.05, 3.63) is 11.5 Å². The Hall–Kier alpha value is -2.09. The first kappa shape index (κ1) is 13.9. The number of likely N-dealkylation sites (N-methyl/N-ethyl adjacent to an activating group) is 1. The van der Waals surface area contributed by atoms with Crippen molar-refractivity contribution in [2.24, 2.45) is 11.7 Å². The Labute approximate surface area is 121 Å². The van der Waals surface area contributed by atoms with Crippen LogP contribution in [0.5, 0.6) is 0 Å². The highest BCUT2D eigenvalue weighted by molar-refractivity contribution is 6.03. The number of carboxylic acid groups (broad SMARTS) is 1. The number of piperidine rings is 1. The molecule has 0 bridgehead atoms. The lowest BCUT2D eigenvalue weighted by Gasteiger charge is -2.60. The van der Waals surface area contributed by atoms with Crippen molar-refractivity contribution in [1.82, 2.24) is 9.80 Å². The highest BCUT2D eigenvalue weighted by Crippen LogP contribution is 2.56. The molecule has 2 saturated heterocycles. The molecule has 2 fully saturated rings. The second kappa shape index (κ2) is 4.20. The van der Waals surface area contributed by atoms with Crippen LogP contribution in [0.25, 0.3) is 0 Å². The predicted octanol–water partition coefficient (Wildman–Crippen LogP) is -0.297. The van der Waals surface area contributed by atoms with E-state index in [4.69, 9.17) is 10.5 Å². The molecule has 2 amide bonds. The Bertz CT molecular complexity index is 586. The average Bonchev–Trinajstić information content (AvgIpc) is 2.65. The van der Waals surface area contributed by atoms with Gasteiger partial charge in [0, 0.05) is 5.92 Å². The number of nitrogens with zero attached hydrogens (tertiary/aromatic N) is 2. The molecule has 3 rings (SSSR count). The van der Waals surface area contributed by atoms with Crippen molar-refractivity contribution >= 4 is 18.0 Å². The normalized spacial score (nSPS) is 34.6. The SMILES string of the molecule is CCN1CCC2C(OC(N)=O)=C(C(=O)O)N3C(=O)[C@@H]1[C@@]23C. The lowest BCUT2D eigenvalue weighted by atomic mass is 9.68. The van der Waals surface area contributed by atoms with Gasteiger partial charge in [-0.05, 0) is 26.4 Å². The highest BCUT2D eigenvalue weighted by atomic mass is 16.6. The third kappa shape index (κ3) is 1.50. The molecule has 8 nitrogen and oxygen atoms in total. The molecule has 0 spiro atoms. The number of aliphatic carboxylic acids is 1. The zero-order valence-corrected chi connectivity index (χ0v) is 11.8. The summed E-state index contributed by atoms with van der Waals surface area (Å²) in [6.07, 6.45) is -0.443. The van der Waals surface area contributed by atoms with E-state index in [-0.39, 0.29) is 29.3 Å². The first-order valence-electron chi connectivity index (χ1n) is 6.86. The van der Waals surface area contributed by atoms with E-state index in [1.54, 1.807) is 0 Å². The Morgan fingerprint density at radius 3 is 2.71 bits per heavy atom. The number of amides is 2. The molecule has 0 saturated carbocycles. The van der Waals surface area contributed by atoms with Crippen LogP contribution in [0.15, 0.2) is 11.5 Å². The second-order valence-corrected chi connectivity index (χ2v) is 5.71. The Morgan fingerprint density at radius 2 is 2.19 bits per heavy atom. The quantitative estimate of drug-likeness (QED) is 0.691. The summed E-state index contributed by atoms with van der Waals surface area (Å²) in [6.45, 7) is 5.16. The molecule has 1 unspecified atom stereocenters. The number of carboxylic acids is 1. The van der Waals surface area contributed by atoms with Gasteiger partial charge in [0.05, 0.1) is 5.54 Å². The van der Waals surface area contributed by atoms with Crippen molar-refractivity contribution in [3.8, 4) is 0 Å². The van der Waals surface area contributed by atoms with Crippen molar-refractivity contribution in [3.63, 3.8) is 0 Å². The van der Waals surface area contributed by atoms with Gasteiger partial charge in [-0.3, -0.25) is 14.6 Å². The molecule has 3 aliphatic rings. The molecular formula is C13H17N3O5. The largest absolute Gasteiger partial charge is 0.476 e. The summed E-state index contributed by atoms with van der Waals surface area (Å²) in [6, 6.07) is -0.371. The number of carbonyl (C=O) groups is 3. The number of likely N-dealkylation sites (tertiary alicyclic amines) is 1. The monoisotopic (exact) mass is 295 g/mol. The summed E-state index contributed by atoms with van der Waals surface area (Å²) in [7, 11) is 0. The number of ether oxygens (including phenoxy) is 1. The fraction of sp³-hybridized carbons (Fsp3) is 0.615. The van der Waals surface area contributed by atoms with Crippen LogP contribution in [0.4, 0.5) is 4.79 Å². The standard InChI is InChI=1S/C13H17N3O5/c1-3-15-5-4-6-8(21-12(14)20)7(11(18)19)16-10(17)9(15)13(6,16)2/h6,9H,3-5H2,1-2H3,(H2,14,20)(H,18,19)/t6?,9-,13-/m1/s1. The fourth-order valence-electron chi connectivity index (χ4n) is 4.05. The first-order valence-corrected chi connectivity index (χ1v) is 6.86. The van der Waals surface area contributed by atoms with Crippen LogP contribution >= 0.6 is 0 Å². The summed E-state index contributed by atoms with van der Waals surface area (Å²) in [5, 5.41) is 9.40. The van der Waals surface area contributed by atoms with Gasteiger partial charge in [-0.1, -0.05) is 6.92 Å². The molecule has 3 heterocycles. The number of carbonyl (C=O) groups excluding carboxylic acids is 2. The summed E-state index contributed by atoms with van der Waals surface area (Å²) in [5.41, 5.74) is 4.12. The van der Waals surface area contributed by atoms with E-state index < -0.39 is 17.6 Å². The average molecular weight is 295 g/mol. The Morgan fingerprint density at radius 1 is 1.52 bits per heavy atom. The van der Waals surface area contributed by atoms with Crippen LogP contribution in [0, 0.1) is 5.92 Å². The molecule has 0 aromatic heterocycles. The van der Waals surface area contributed by atoms with Gasteiger partial charge in [0.1, 0.15) is 11.8 Å². The van der Waals surface area contributed by atoms with Crippen LogP contribution in [0.3, 0.4) is 0 Å². The van der Waals surface area contributed by atoms with Crippen molar-refractivity contribution in [2.75, 3.05) is 13.1 Å². The van der Waals surface area contributed by atoms with Gasteiger partial charge in [0.15, 0.2) is 5.70 Å². The van der Waals surface area contributed by atoms with E-state index >= 15 is 0 Å². The van der Waals surface area contributed by atoms with E-state index in [0.29, 0.717) is 19.5 Å². The van der Waals surface area contributed by atoms with E-state index in [9.17, 15) is 19.5 Å². The van der Waals surface area contributed by atoms with Gasteiger partial charge in [-0.25, -0.2) is 9.59 Å². The summed E-state index contributed by atoms with van der Waals surface area (Å²) in [4.78, 5) is 38.3. The molecule has 114 valence electrons. The lowest BCUT2D eigenvalue weighted by molar-refractivity contribution is -0.178. The Kier molecular flexibility index (Phi) is 2.78. The number of primary amides is 1. The number of β-lactam (4-membered cyclic amide) rings is 1. The number of nitrogens with two attached hydrogens (primary N) is 1. The second-order valence-electron chi connectivity index (χ2n) is 5.71. The summed E-state index contributed by atoms with van der Waals surface area (Å²) in [5.74, 6) is -1.84. The maximum atomic E-state index is 12.4. The number of rotatable bonds is 3. The molecule has 0 aromatic rings. The van der Waals surface area contributed by atoms with Crippen molar-refractivity contribution in [2.45, 2.75) is 31.8 Å². The third-order valence-corrected chi connectivity index (χ3v) is 4.86. The van der Waals surface area contributed by atoms with Crippen molar-refractivity contribution < 1.29 is 24.2 Å². The van der Waals surface area contributed by atoms with Gasteiger partial charge >= 0.3 is 12.1 Å². The minimum Gasteiger partial charge on any atom is -0.476 e. The first-order chi connectivity index (χ1) is 9.83. The summed E-state index contributed by atoms with van der Waals surface area (Å²) >= 11 is 0. The predicted molar refractivity (Wildman–Crippen MR) is 69.7 cm³/mol. The molecule has 21 heavy (non-hydrogen) atoms. The topological polar surface area (TPSA) is 113 Å². The molecule has 8 heteroatoms. The van der Waals surface area contributed by atoms with Crippen LogP contribution in [-0.4, -0.2) is 57.5 Å². The maximum absolute atomic E-state index is 12.4. The van der Waals surface area contributed by atoms with E-state index in [1.807, 2.05) is 18.7 Å². The third-order valence-electron chi connectivity index (χ3n) is 4.86. The van der Waals surface area contributed by atoms with E-state index in [2.05, 4.69) is 0 Å². The minimum atomic E-state index is -1.28. The summed E-state index contributed by atoms with van der Waals surface area (Å²) < 4.78 is 4.96. The van der Waals surface area contributed by atoms with Gasteiger partial charge in [-0.2, -0.15) is 0 Å². The van der Waals surface area contributed by atoms with E-state index in [1.165, 1.54) is 4.90 Å². The lowest BCUT2D eigenvalue weighted by Crippen LogP contribution is -2.79. The highest BCUT2D eigenvalue weighted by Gasteiger charge is 2.72. The van der Waals surface area contributed by atoms with E-state index in [0.717, 1.165) is 0 Å². The molecule has 3 atom stereocenters. The van der Waals surface area contributed by atoms with Crippen LogP contribution in [0.2, 0.25) is 0 Å². The van der Waals surface area contributed by atoms with Crippen LogP contribution in [0.1, 0.15) is 20.3 Å². The van der Waals surface area contributed by atoms with Crippen LogP contribution in [-0.2, 0) is 14.3 Å². The zero-order chi connectivity index (χ0) is 15.5. The fourth-order valence-corrected chi connectivity index (χ4v) is 4.05. The molecule has 0 aromatic carbocycles. The van der Waals surface area contributed by atoms with Crippen LogP contribution < -0.4 is 5.73 Å². The van der Waals surface area contributed by atoms with Gasteiger partial charge in [-0.15, -0.1) is 0 Å². The smallest absolute Gasteiger partial charge is 0.409 e. The molecular weight excluding hydrogens is 278 g/mol. The number of hydrogen-bond donors (Lipinski definition) is 2. The van der Waals surface area contributed by atoms with Crippen molar-refractivity contribution in [1.29, 1.82) is 0 Å². The minimum absolute atomic E-state index is 0.0177. The Balaban J connectivity index is 2.09. The molecule has 0 aliphatic carbocycles. The molecule has 3 aliphatic heterocycles. The molecule has 3 N–H and O–H groups in total. The maximum Gasteiger partial charge on any atom is 0.409 e. The van der Waals surface area contributed by atoms with Gasteiger partial charge < -0.3 is 15.6 Å². The van der Waals surface area contributed by atoms with Gasteiger partial charge in [0.2, 0.25) is 5.91 Å². The zero-order valence-electron chi connectivity index (χ0n) is 11.8. The van der Waals surface area contributed by atoms with Gasteiger partial charge in [0.25, 0.3) is 0 Å².